The molecular weight excluding hydrogens is 382 g/mol. The average molecular weight is 396 g/mol. The zero-order valence-corrected chi connectivity index (χ0v) is 15.9. The van der Waals surface area contributed by atoms with Crippen molar-refractivity contribution in [3.63, 3.8) is 0 Å². The van der Waals surface area contributed by atoms with Crippen LogP contribution in [0.4, 0.5) is 0 Å². The van der Waals surface area contributed by atoms with Gasteiger partial charge < -0.3 is 4.74 Å². The summed E-state index contributed by atoms with van der Waals surface area (Å²) in [7, 11) is 1.61. The second-order valence-electron chi connectivity index (χ2n) is 5.70. The second kappa shape index (κ2) is 7.34. The number of methoxy groups -OCH3 is 1. The SMILES string of the molecule is COc1ccc(-c2csc3nc(C=Cc4cccnc4)c(Cl)c(=O)n23)cc1. The van der Waals surface area contributed by atoms with Gasteiger partial charge in [-0.1, -0.05) is 23.7 Å². The molecule has 0 aliphatic rings. The Balaban J connectivity index is 1.79. The van der Waals surface area contributed by atoms with E-state index >= 15 is 0 Å². The van der Waals surface area contributed by atoms with Gasteiger partial charge in [0.15, 0.2) is 4.96 Å². The van der Waals surface area contributed by atoms with Crippen molar-refractivity contribution in [2.45, 2.75) is 0 Å². The monoisotopic (exact) mass is 395 g/mol. The van der Waals surface area contributed by atoms with Crippen LogP contribution in [0.2, 0.25) is 5.02 Å². The maximum Gasteiger partial charge on any atom is 0.278 e. The van der Waals surface area contributed by atoms with Gasteiger partial charge in [0.25, 0.3) is 5.56 Å². The van der Waals surface area contributed by atoms with Gasteiger partial charge in [-0.25, -0.2) is 9.38 Å². The molecule has 0 saturated heterocycles. The van der Waals surface area contributed by atoms with Gasteiger partial charge in [-0.15, -0.1) is 11.3 Å². The van der Waals surface area contributed by atoms with Crippen molar-refractivity contribution in [2.75, 3.05) is 7.11 Å². The predicted octanol–water partition coefficient (Wildman–Crippen LogP) is 4.65. The van der Waals surface area contributed by atoms with Gasteiger partial charge in [0.1, 0.15) is 10.8 Å². The first-order valence-electron chi connectivity index (χ1n) is 8.09. The minimum atomic E-state index is -0.292. The third kappa shape index (κ3) is 3.37. The van der Waals surface area contributed by atoms with Crippen molar-refractivity contribution in [3.05, 3.63) is 80.8 Å². The van der Waals surface area contributed by atoms with E-state index in [1.54, 1.807) is 25.6 Å². The Hall–Kier alpha value is -2.96. The van der Waals surface area contributed by atoms with E-state index < -0.39 is 0 Å². The number of hydrogen-bond acceptors (Lipinski definition) is 5. The Kier molecular flexibility index (Phi) is 4.75. The topological polar surface area (TPSA) is 56.5 Å². The molecule has 0 aliphatic heterocycles. The molecule has 5 nitrogen and oxygen atoms in total. The third-order valence-corrected chi connectivity index (χ3v) is 5.22. The van der Waals surface area contributed by atoms with Crippen LogP contribution >= 0.6 is 22.9 Å². The highest BCUT2D eigenvalue weighted by Gasteiger charge is 2.14. The van der Waals surface area contributed by atoms with E-state index in [-0.39, 0.29) is 10.6 Å². The van der Waals surface area contributed by atoms with Crippen molar-refractivity contribution < 1.29 is 4.74 Å². The summed E-state index contributed by atoms with van der Waals surface area (Å²) < 4.78 is 6.72. The Morgan fingerprint density at radius 3 is 2.70 bits per heavy atom. The Labute approximate surface area is 164 Å². The second-order valence-corrected chi connectivity index (χ2v) is 6.92. The molecule has 0 spiro atoms. The number of ether oxygens (including phenoxy) is 1. The molecule has 134 valence electrons. The van der Waals surface area contributed by atoms with E-state index in [1.807, 2.05) is 47.9 Å². The molecule has 0 fully saturated rings. The number of benzene rings is 1. The van der Waals surface area contributed by atoms with Crippen LogP contribution in [0.15, 0.2) is 59.0 Å². The fourth-order valence-corrected chi connectivity index (χ4v) is 3.75. The number of rotatable bonds is 4. The van der Waals surface area contributed by atoms with E-state index in [2.05, 4.69) is 9.97 Å². The summed E-state index contributed by atoms with van der Waals surface area (Å²) in [6.07, 6.45) is 6.98. The predicted molar refractivity (Wildman–Crippen MR) is 110 cm³/mol. The maximum atomic E-state index is 12.9. The first-order chi connectivity index (χ1) is 13.2. The molecule has 1 aromatic carbocycles. The quantitative estimate of drug-likeness (QED) is 0.504. The molecule has 27 heavy (non-hydrogen) atoms. The lowest BCUT2D eigenvalue weighted by atomic mass is 10.1. The summed E-state index contributed by atoms with van der Waals surface area (Å²) in [5.41, 5.74) is 2.69. The van der Waals surface area contributed by atoms with Crippen LogP contribution in [0.25, 0.3) is 28.4 Å². The van der Waals surface area contributed by atoms with Gasteiger partial charge in [0.05, 0.1) is 18.5 Å². The molecule has 0 saturated carbocycles. The number of halogens is 1. The van der Waals surface area contributed by atoms with Crippen LogP contribution in [-0.2, 0) is 0 Å². The molecule has 0 radical (unpaired) electrons. The van der Waals surface area contributed by atoms with Crippen molar-refractivity contribution in [1.29, 1.82) is 0 Å². The minimum absolute atomic E-state index is 0.0841. The standard InChI is InChI=1S/C20H14ClN3O2S/c1-26-15-7-5-14(6-8-15)17-12-27-20-23-16(18(21)19(25)24(17)20)9-4-13-3-2-10-22-11-13/h2-12H,1H3. The first-order valence-corrected chi connectivity index (χ1v) is 9.35. The van der Waals surface area contributed by atoms with E-state index in [0.717, 1.165) is 22.6 Å². The number of hydrogen-bond donors (Lipinski definition) is 0. The fourth-order valence-electron chi connectivity index (χ4n) is 2.67. The van der Waals surface area contributed by atoms with Crippen LogP contribution in [-0.4, -0.2) is 21.5 Å². The van der Waals surface area contributed by atoms with E-state index in [9.17, 15) is 4.79 Å². The molecule has 7 heteroatoms. The molecule has 0 atom stereocenters. The highest BCUT2D eigenvalue weighted by Crippen LogP contribution is 2.27. The van der Waals surface area contributed by atoms with Crippen molar-refractivity contribution >= 4 is 40.1 Å². The van der Waals surface area contributed by atoms with E-state index in [0.29, 0.717) is 10.7 Å². The van der Waals surface area contributed by atoms with E-state index in [1.165, 1.54) is 15.7 Å². The van der Waals surface area contributed by atoms with Crippen LogP contribution in [0, 0.1) is 0 Å². The van der Waals surface area contributed by atoms with Crippen molar-refractivity contribution in [2.24, 2.45) is 0 Å². The number of fused-ring (bicyclic) bond motifs is 1. The van der Waals surface area contributed by atoms with Crippen LogP contribution in [0.3, 0.4) is 0 Å². The van der Waals surface area contributed by atoms with E-state index in [4.69, 9.17) is 16.3 Å². The van der Waals surface area contributed by atoms with Crippen LogP contribution in [0.5, 0.6) is 5.75 Å². The molecule has 0 aliphatic carbocycles. The summed E-state index contributed by atoms with van der Waals surface area (Å²) in [6, 6.07) is 11.3. The molecule has 4 aromatic rings. The largest absolute Gasteiger partial charge is 0.497 e. The molecule has 0 bridgehead atoms. The molecule has 0 unspecified atom stereocenters. The average Bonchev–Trinajstić information content (AvgIpc) is 3.14. The lowest BCUT2D eigenvalue weighted by Crippen LogP contribution is -2.16. The summed E-state index contributed by atoms with van der Waals surface area (Å²) in [5.74, 6) is 0.754. The van der Waals surface area contributed by atoms with Gasteiger partial charge >= 0.3 is 0 Å². The van der Waals surface area contributed by atoms with Gasteiger partial charge in [-0.2, -0.15) is 0 Å². The first kappa shape index (κ1) is 17.5. The lowest BCUT2D eigenvalue weighted by Gasteiger charge is -2.05. The number of thiazole rings is 1. The lowest BCUT2D eigenvalue weighted by molar-refractivity contribution is 0.415. The van der Waals surface area contributed by atoms with Crippen LogP contribution in [0.1, 0.15) is 11.3 Å². The Morgan fingerprint density at radius 2 is 2.00 bits per heavy atom. The molecule has 4 rings (SSSR count). The number of nitrogens with zero attached hydrogens (tertiary/aromatic N) is 3. The van der Waals surface area contributed by atoms with Crippen LogP contribution < -0.4 is 10.3 Å². The highest BCUT2D eigenvalue weighted by molar-refractivity contribution is 7.15. The van der Waals surface area contributed by atoms with Gasteiger partial charge in [0.2, 0.25) is 0 Å². The summed E-state index contributed by atoms with van der Waals surface area (Å²) in [4.78, 5) is 22.1. The molecule has 0 amide bonds. The molecule has 0 N–H and O–H groups in total. The zero-order chi connectivity index (χ0) is 18.8. The fraction of sp³-hybridized carbons (Fsp3) is 0.0500. The smallest absolute Gasteiger partial charge is 0.278 e. The Bertz CT molecular complexity index is 1180. The molecule has 3 aromatic heterocycles. The third-order valence-electron chi connectivity index (χ3n) is 4.04. The normalized spacial score (nSPS) is 11.3. The van der Waals surface area contributed by atoms with Gasteiger partial charge in [-0.3, -0.25) is 9.78 Å². The van der Waals surface area contributed by atoms with Crippen molar-refractivity contribution in [1.82, 2.24) is 14.4 Å². The molecule has 3 heterocycles. The summed E-state index contributed by atoms with van der Waals surface area (Å²) in [6.45, 7) is 0. The molecular formula is C20H14ClN3O2S. The summed E-state index contributed by atoms with van der Waals surface area (Å²) >= 11 is 7.72. The number of pyridine rings is 1. The number of aromatic nitrogens is 3. The van der Waals surface area contributed by atoms with Gasteiger partial charge in [0, 0.05) is 17.8 Å². The van der Waals surface area contributed by atoms with Gasteiger partial charge in [-0.05, 0) is 47.5 Å². The summed E-state index contributed by atoms with van der Waals surface area (Å²) in [5, 5.41) is 1.98. The zero-order valence-electron chi connectivity index (χ0n) is 14.3. The minimum Gasteiger partial charge on any atom is -0.497 e. The Morgan fingerprint density at radius 1 is 1.19 bits per heavy atom. The highest BCUT2D eigenvalue weighted by atomic mass is 35.5. The maximum absolute atomic E-state index is 12.9. The van der Waals surface area contributed by atoms with Crippen molar-refractivity contribution in [3.8, 4) is 17.0 Å².